The first-order valence-corrected chi connectivity index (χ1v) is 6.91. The lowest BCUT2D eigenvalue weighted by Crippen LogP contribution is -2.44. The Kier molecular flexibility index (Phi) is 4.06. The van der Waals surface area contributed by atoms with Gasteiger partial charge in [0.25, 0.3) is 0 Å². The first-order chi connectivity index (χ1) is 9.06. The molecule has 1 saturated heterocycles. The van der Waals surface area contributed by atoms with Crippen molar-refractivity contribution in [3.63, 3.8) is 0 Å². The van der Waals surface area contributed by atoms with E-state index in [1.807, 2.05) is 19.9 Å². The topological polar surface area (TPSA) is 65.9 Å². The lowest BCUT2D eigenvalue weighted by Gasteiger charge is -2.39. The number of rotatable bonds is 2. The Balaban J connectivity index is 2.42. The summed E-state index contributed by atoms with van der Waals surface area (Å²) >= 11 is 0. The maximum absolute atomic E-state index is 9.39. The summed E-state index contributed by atoms with van der Waals surface area (Å²) in [5, 5.41) is 9.39. The van der Waals surface area contributed by atoms with E-state index >= 15 is 0 Å². The molecular weight excluding hydrogens is 236 g/mol. The second kappa shape index (κ2) is 5.58. The molecule has 2 atom stereocenters. The van der Waals surface area contributed by atoms with Crippen molar-refractivity contribution < 1.29 is 0 Å². The highest BCUT2D eigenvalue weighted by atomic mass is 15.2. The van der Waals surface area contributed by atoms with Gasteiger partial charge >= 0.3 is 0 Å². The Hall–Kier alpha value is -1.60. The minimum absolute atomic E-state index is 0.420. The third kappa shape index (κ3) is 2.71. The van der Waals surface area contributed by atoms with E-state index in [2.05, 4.69) is 22.9 Å². The fourth-order valence-corrected chi connectivity index (χ4v) is 2.83. The molecule has 1 fully saturated rings. The number of nitrogens with zero attached hydrogens (tertiary/aromatic N) is 3. The average molecular weight is 258 g/mol. The number of nitriles is 1. The minimum Gasteiger partial charge on any atom is -0.352 e. The van der Waals surface area contributed by atoms with Crippen LogP contribution in [0, 0.1) is 31.1 Å². The van der Waals surface area contributed by atoms with E-state index in [0.717, 1.165) is 30.0 Å². The molecule has 0 aromatic carbocycles. The molecule has 0 spiro atoms. The van der Waals surface area contributed by atoms with E-state index in [-0.39, 0.29) is 0 Å². The van der Waals surface area contributed by atoms with Crippen LogP contribution in [0.5, 0.6) is 0 Å². The van der Waals surface area contributed by atoms with E-state index in [1.165, 1.54) is 6.42 Å². The van der Waals surface area contributed by atoms with E-state index in [0.29, 0.717) is 24.1 Å². The van der Waals surface area contributed by atoms with Crippen molar-refractivity contribution >= 4 is 5.82 Å². The van der Waals surface area contributed by atoms with Gasteiger partial charge in [-0.1, -0.05) is 0 Å². The van der Waals surface area contributed by atoms with Crippen LogP contribution in [0.1, 0.15) is 36.6 Å². The molecule has 0 aliphatic carbocycles. The number of pyridine rings is 1. The highest BCUT2D eigenvalue weighted by Crippen LogP contribution is 2.29. The monoisotopic (exact) mass is 258 g/mol. The van der Waals surface area contributed by atoms with E-state index in [1.54, 1.807) is 0 Å². The SMILES string of the molecule is Cc1cc(C)c(C#N)c(N2CC(CN)CCC2C)n1. The van der Waals surface area contributed by atoms with E-state index < -0.39 is 0 Å². The molecule has 2 rings (SSSR count). The zero-order valence-corrected chi connectivity index (χ0v) is 12.0. The van der Waals surface area contributed by atoms with Crippen molar-refractivity contribution in [3.05, 3.63) is 22.9 Å². The van der Waals surface area contributed by atoms with Gasteiger partial charge < -0.3 is 10.6 Å². The van der Waals surface area contributed by atoms with Gasteiger partial charge in [0.1, 0.15) is 11.9 Å². The largest absolute Gasteiger partial charge is 0.352 e. The third-order valence-corrected chi connectivity index (χ3v) is 4.02. The van der Waals surface area contributed by atoms with Gasteiger partial charge in [0, 0.05) is 18.3 Å². The zero-order chi connectivity index (χ0) is 14.0. The molecule has 0 saturated carbocycles. The summed E-state index contributed by atoms with van der Waals surface area (Å²) in [6.45, 7) is 7.77. The van der Waals surface area contributed by atoms with Gasteiger partial charge in [-0.05, 0) is 57.7 Å². The van der Waals surface area contributed by atoms with Crippen LogP contribution in [-0.4, -0.2) is 24.1 Å². The number of anilines is 1. The Bertz CT molecular complexity index is 504. The predicted octanol–water partition coefficient (Wildman–Crippen LogP) is 2.13. The smallest absolute Gasteiger partial charge is 0.147 e. The Morgan fingerprint density at radius 3 is 2.84 bits per heavy atom. The van der Waals surface area contributed by atoms with Gasteiger partial charge in [-0.15, -0.1) is 0 Å². The first-order valence-electron chi connectivity index (χ1n) is 6.91. The molecule has 4 nitrogen and oxygen atoms in total. The van der Waals surface area contributed by atoms with E-state index in [4.69, 9.17) is 5.73 Å². The van der Waals surface area contributed by atoms with Crippen molar-refractivity contribution in [2.75, 3.05) is 18.0 Å². The first kappa shape index (κ1) is 13.8. The van der Waals surface area contributed by atoms with Crippen LogP contribution in [0.2, 0.25) is 0 Å². The summed E-state index contributed by atoms with van der Waals surface area (Å²) in [5.41, 5.74) is 8.48. The number of hydrogen-bond donors (Lipinski definition) is 1. The number of piperidine rings is 1. The molecule has 2 heterocycles. The van der Waals surface area contributed by atoms with Gasteiger partial charge in [-0.25, -0.2) is 4.98 Å². The molecule has 0 amide bonds. The molecule has 1 aliphatic rings. The predicted molar refractivity (Wildman–Crippen MR) is 77.0 cm³/mol. The van der Waals surface area contributed by atoms with Crippen molar-refractivity contribution in [2.45, 2.75) is 39.7 Å². The number of aromatic nitrogens is 1. The molecule has 1 aromatic heterocycles. The highest BCUT2D eigenvalue weighted by Gasteiger charge is 2.27. The Morgan fingerprint density at radius 1 is 1.47 bits per heavy atom. The minimum atomic E-state index is 0.420. The maximum atomic E-state index is 9.39. The summed E-state index contributed by atoms with van der Waals surface area (Å²) in [4.78, 5) is 6.87. The molecule has 102 valence electrons. The van der Waals surface area contributed by atoms with Crippen molar-refractivity contribution in [1.82, 2.24) is 4.98 Å². The number of aryl methyl sites for hydroxylation is 2. The van der Waals surface area contributed by atoms with Crippen molar-refractivity contribution in [1.29, 1.82) is 5.26 Å². The second-order valence-corrected chi connectivity index (χ2v) is 5.57. The molecule has 19 heavy (non-hydrogen) atoms. The highest BCUT2D eigenvalue weighted by molar-refractivity contribution is 5.58. The molecule has 0 bridgehead atoms. The lowest BCUT2D eigenvalue weighted by molar-refractivity contribution is 0.371. The fourth-order valence-electron chi connectivity index (χ4n) is 2.83. The van der Waals surface area contributed by atoms with Gasteiger partial charge in [-0.3, -0.25) is 0 Å². The van der Waals surface area contributed by atoms with Crippen LogP contribution in [0.15, 0.2) is 6.07 Å². The summed E-state index contributed by atoms with van der Waals surface area (Å²) in [6, 6.07) is 4.70. The zero-order valence-electron chi connectivity index (χ0n) is 12.0. The van der Waals surface area contributed by atoms with Gasteiger partial charge in [0.05, 0.1) is 5.56 Å². The van der Waals surface area contributed by atoms with Crippen molar-refractivity contribution in [3.8, 4) is 6.07 Å². The fraction of sp³-hybridized carbons (Fsp3) is 0.600. The normalized spacial score (nSPS) is 23.2. The van der Waals surface area contributed by atoms with Crippen LogP contribution < -0.4 is 10.6 Å². The average Bonchev–Trinajstić information content (AvgIpc) is 2.38. The van der Waals surface area contributed by atoms with Crippen LogP contribution in [0.3, 0.4) is 0 Å². The number of nitrogens with two attached hydrogens (primary N) is 1. The third-order valence-electron chi connectivity index (χ3n) is 4.02. The van der Waals surface area contributed by atoms with Gasteiger partial charge in [-0.2, -0.15) is 5.26 Å². The Morgan fingerprint density at radius 2 is 2.21 bits per heavy atom. The quantitative estimate of drug-likeness (QED) is 0.882. The van der Waals surface area contributed by atoms with Crippen molar-refractivity contribution in [2.24, 2.45) is 11.7 Å². The van der Waals surface area contributed by atoms with Gasteiger partial charge in [0.15, 0.2) is 0 Å². The molecule has 2 unspecified atom stereocenters. The maximum Gasteiger partial charge on any atom is 0.147 e. The van der Waals surface area contributed by atoms with Crippen LogP contribution in [0.25, 0.3) is 0 Å². The van der Waals surface area contributed by atoms with Crippen LogP contribution >= 0.6 is 0 Å². The standard InChI is InChI=1S/C15H22N4/c1-10-6-11(2)18-15(14(10)8-17)19-9-13(7-16)5-4-12(19)3/h6,12-13H,4-5,7,9,16H2,1-3H3. The molecule has 1 aliphatic heterocycles. The molecule has 2 N–H and O–H groups in total. The molecule has 0 radical (unpaired) electrons. The molecular formula is C15H22N4. The molecule has 1 aromatic rings. The number of hydrogen-bond acceptors (Lipinski definition) is 4. The van der Waals surface area contributed by atoms with Crippen LogP contribution in [-0.2, 0) is 0 Å². The second-order valence-electron chi connectivity index (χ2n) is 5.57. The van der Waals surface area contributed by atoms with Crippen LogP contribution in [0.4, 0.5) is 5.82 Å². The lowest BCUT2D eigenvalue weighted by atomic mass is 9.93. The summed E-state index contributed by atoms with van der Waals surface area (Å²) in [7, 11) is 0. The summed E-state index contributed by atoms with van der Waals surface area (Å²) in [6.07, 6.45) is 2.28. The van der Waals surface area contributed by atoms with E-state index in [9.17, 15) is 5.26 Å². The molecule has 4 heteroatoms. The summed E-state index contributed by atoms with van der Waals surface area (Å²) in [5.74, 6) is 1.34. The Labute approximate surface area is 115 Å². The summed E-state index contributed by atoms with van der Waals surface area (Å²) < 4.78 is 0. The van der Waals surface area contributed by atoms with Gasteiger partial charge in [0.2, 0.25) is 0 Å².